The lowest BCUT2D eigenvalue weighted by Crippen LogP contribution is -2.03. The average molecular weight is 319 g/mol. The molecule has 0 spiro atoms. The lowest BCUT2D eigenvalue weighted by Gasteiger charge is -2.13. The summed E-state index contributed by atoms with van der Waals surface area (Å²) in [5, 5.41) is 5.28. The van der Waals surface area contributed by atoms with Crippen LogP contribution in [-0.4, -0.2) is 14.5 Å². The van der Waals surface area contributed by atoms with Crippen LogP contribution in [0.2, 0.25) is 5.02 Å². The first-order chi connectivity index (χ1) is 10.3. The molecular formula is C15H15ClN4S. The molecule has 1 N–H and O–H groups in total. The maximum absolute atomic E-state index is 6.33. The van der Waals surface area contributed by atoms with Crippen molar-refractivity contribution in [2.24, 2.45) is 0 Å². The summed E-state index contributed by atoms with van der Waals surface area (Å²) >= 11 is 8.06. The Morgan fingerprint density at radius 2 is 2.29 bits per heavy atom. The number of aryl methyl sites for hydroxylation is 1. The van der Waals surface area contributed by atoms with E-state index < -0.39 is 0 Å². The molecule has 0 saturated carbocycles. The minimum Gasteiger partial charge on any atom is -0.378 e. The summed E-state index contributed by atoms with van der Waals surface area (Å²) in [4.78, 5) is 9.67. The normalized spacial score (nSPS) is 10.8. The quantitative estimate of drug-likeness (QED) is 0.768. The number of hydrogen-bond donors (Lipinski definition) is 1. The molecule has 3 aromatic rings. The second kappa shape index (κ2) is 6.28. The molecule has 0 amide bonds. The number of benzene rings is 1. The first-order valence-electron chi connectivity index (χ1n) is 6.72. The summed E-state index contributed by atoms with van der Waals surface area (Å²) < 4.78 is 1.91. The Labute approximate surface area is 132 Å². The molecule has 2 heterocycles. The molecule has 3 rings (SSSR count). The number of thiazole rings is 1. The Hall–Kier alpha value is -1.85. The molecule has 0 atom stereocenters. The van der Waals surface area contributed by atoms with E-state index in [9.17, 15) is 0 Å². The van der Waals surface area contributed by atoms with Crippen LogP contribution >= 0.6 is 22.9 Å². The largest absolute Gasteiger partial charge is 0.378 e. The fraction of sp³-hybridized carbons (Fsp3) is 0.200. The molecule has 0 aliphatic rings. The van der Waals surface area contributed by atoms with Gasteiger partial charge < -0.3 is 9.88 Å². The Bertz CT molecular complexity index is 721. The van der Waals surface area contributed by atoms with Crippen LogP contribution in [0, 0.1) is 0 Å². The van der Waals surface area contributed by atoms with E-state index in [0.717, 1.165) is 29.3 Å². The van der Waals surface area contributed by atoms with Crippen LogP contribution in [-0.2, 0) is 13.0 Å². The molecule has 21 heavy (non-hydrogen) atoms. The predicted molar refractivity (Wildman–Crippen MR) is 87.4 cm³/mol. The summed E-state index contributed by atoms with van der Waals surface area (Å²) in [6, 6.07) is 5.84. The maximum Gasteiger partial charge on any atom is 0.0992 e. The smallest absolute Gasteiger partial charge is 0.0992 e. The molecular weight excluding hydrogens is 304 g/mol. The highest BCUT2D eigenvalue weighted by atomic mass is 35.5. The van der Waals surface area contributed by atoms with E-state index in [0.29, 0.717) is 5.02 Å². The molecule has 0 saturated heterocycles. The Balaban J connectivity index is 1.84. The highest BCUT2D eigenvalue weighted by Gasteiger charge is 2.09. The van der Waals surface area contributed by atoms with Crippen molar-refractivity contribution in [1.82, 2.24) is 14.5 Å². The van der Waals surface area contributed by atoms with E-state index in [4.69, 9.17) is 11.6 Å². The number of imidazole rings is 1. The van der Waals surface area contributed by atoms with Crippen molar-refractivity contribution in [1.29, 1.82) is 0 Å². The average Bonchev–Trinajstić information content (AvgIpc) is 3.16. The van der Waals surface area contributed by atoms with E-state index in [-0.39, 0.29) is 0 Å². The SMILES string of the molecule is CCc1ncc(CNc2cccc(Cl)c2-n2ccnc2)s1. The number of aromatic nitrogens is 3. The molecule has 0 aliphatic heterocycles. The molecule has 2 aromatic heterocycles. The van der Waals surface area contributed by atoms with Crippen LogP contribution in [0.25, 0.3) is 5.69 Å². The number of nitrogens with one attached hydrogen (secondary N) is 1. The minimum atomic E-state index is 0.691. The third-order valence-electron chi connectivity index (χ3n) is 3.11. The first kappa shape index (κ1) is 14.1. The topological polar surface area (TPSA) is 42.7 Å². The summed E-state index contributed by atoms with van der Waals surface area (Å²) in [6.45, 7) is 2.85. The Morgan fingerprint density at radius 1 is 1.38 bits per heavy atom. The third-order valence-corrected chi connectivity index (χ3v) is 4.55. The van der Waals surface area contributed by atoms with Gasteiger partial charge in [-0.1, -0.05) is 24.6 Å². The van der Waals surface area contributed by atoms with Gasteiger partial charge in [0.05, 0.1) is 34.3 Å². The van der Waals surface area contributed by atoms with Crippen LogP contribution in [0.4, 0.5) is 5.69 Å². The molecule has 1 aromatic carbocycles. The van der Waals surface area contributed by atoms with Crippen molar-refractivity contribution >= 4 is 28.6 Å². The van der Waals surface area contributed by atoms with Crippen molar-refractivity contribution in [3.05, 3.63) is 58.0 Å². The van der Waals surface area contributed by atoms with Gasteiger partial charge in [0, 0.05) is 23.5 Å². The van der Waals surface area contributed by atoms with Gasteiger partial charge in [-0.05, 0) is 18.6 Å². The molecule has 0 fully saturated rings. The molecule has 6 heteroatoms. The van der Waals surface area contributed by atoms with Gasteiger partial charge in [0.15, 0.2) is 0 Å². The molecule has 0 radical (unpaired) electrons. The first-order valence-corrected chi connectivity index (χ1v) is 7.91. The van der Waals surface area contributed by atoms with E-state index >= 15 is 0 Å². The number of nitrogens with zero attached hydrogens (tertiary/aromatic N) is 3. The fourth-order valence-electron chi connectivity index (χ4n) is 2.09. The van der Waals surface area contributed by atoms with Gasteiger partial charge in [-0.25, -0.2) is 9.97 Å². The third kappa shape index (κ3) is 3.09. The number of halogens is 1. The van der Waals surface area contributed by atoms with Gasteiger partial charge in [0.25, 0.3) is 0 Å². The van der Waals surface area contributed by atoms with Gasteiger partial charge in [-0.15, -0.1) is 11.3 Å². The van der Waals surface area contributed by atoms with Crippen molar-refractivity contribution < 1.29 is 0 Å². The zero-order valence-electron chi connectivity index (χ0n) is 11.6. The fourth-order valence-corrected chi connectivity index (χ4v) is 3.16. The van der Waals surface area contributed by atoms with Crippen molar-refractivity contribution in [3.8, 4) is 5.69 Å². The van der Waals surface area contributed by atoms with Gasteiger partial charge in [0.1, 0.15) is 0 Å². The van der Waals surface area contributed by atoms with Gasteiger partial charge >= 0.3 is 0 Å². The second-order valence-electron chi connectivity index (χ2n) is 4.53. The van der Waals surface area contributed by atoms with Crippen molar-refractivity contribution in [2.45, 2.75) is 19.9 Å². The molecule has 108 valence electrons. The monoisotopic (exact) mass is 318 g/mol. The number of rotatable bonds is 5. The van der Waals surface area contributed by atoms with E-state index in [1.807, 2.05) is 35.2 Å². The standard InChI is InChI=1S/C15H15ClN4S/c1-2-14-19-9-11(21-14)8-18-13-5-3-4-12(16)15(13)20-7-6-17-10-20/h3-7,9-10,18H,2,8H2,1H3. The van der Waals surface area contributed by atoms with Crippen LogP contribution in [0.3, 0.4) is 0 Å². The molecule has 0 bridgehead atoms. The lowest BCUT2D eigenvalue weighted by molar-refractivity contribution is 1.04. The second-order valence-corrected chi connectivity index (χ2v) is 6.14. The van der Waals surface area contributed by atoms with Crippen LogP contribution in [0.5, 0.6) is 0 Å². The predicted octanol–water partition coefficient (Wildman–Crippen LogP) is 4.16. The van der Waals surface area contributed by atoms with Crippen molar-refractivity contribution in [3.63, 3.8) is 0 Å². The van der Waals surface area contributed by atoms with E-state index in [2.05, 4.69) is 22.2 Å². The number of para-hydroxylation sites is 1. The zero-order chi connectivity index (χ0) is 14.7. The molecule has 4 nitrogen and oxygen atoms in total. The van der Waals surface area contributed by atoms with Crippen molar-refractivity contribution in [2.75, 3.05) is 5.32 Å². The van der Waals surface area contributed by atoms with Gasteiger partial charge in [-0.2, -0.15) is 0 Å². The summed E-state index contributed by atoms with van der Waals surface area (Å²) in [7, 11) is 0. The maximum atomic E-state index is 6.33. The molecule has 0 unspecified atom stereocenters. The van der Waals surface area contributed by atoms with Crippen LogP contribution in [0.15, 0.2) is 43.1 Å². The van der Waals surface area contributed by atoms with E-state index in [1.54, 1.807) is 23.9 Å². The zero-order valence-corrected chi connectivity index (χ0v) is 13.2. The van der Waals surface area contributed by atoms with Gasteiger partial charge in [0.2, 0.25) is 0 Å². The highest BCUT2D eigenvalue weighted by molar-refractivity contribution is 7.11. The molecule has 0 aliphatic carbocycles. The van der Waals surface area contributed by atoms with Crippen LogP contribution < -0.4 is 5.32 Å². The summed E-state index contributed by atoms with van der Waals surface area (Å²) in [5.41, 5.74) is 1.89. The van der Waals surface area contributed by atoms with E-state index in [1.165, 1.54) is 4.88 Å². The Kier molecular flexibility index (Phi) is 4.22. The summed E-state index contributed by atoms with van der Waals surface area (Å²) in [6.07, 6.45) is 8.27. The minimum absolute atomic E-state index is 0.691. The Morgan fingerprint density at radius 3 is 3.00 bits per heavy atom. The van der Waals surface area contributed by atoms with Crippen LogP contribution in [0.1, 0.15) is 16.8 Å². The highest BCUT2D eigenvalue weighted by Crippen LogP contribution is 2.29. The lowest BCUT2D eigenvalue weighted by atomic mass is 10.2. The number of anilines is 1. The number of hydrogen-bond acceptors (Lipinski definition) is 4. The summed E-state index contributed by atoms with van der Waals surface area (Å²) in [5.74, 6) is 0. The van der Waals surface area contributed by atoms with Gasteiger partial charge in [-0.3, -0.25) is 0 Å².